The molecule has 0 rings (SSSR count). The largest absolute Gasteiger partial charge is 0.475 e. The van der Waals surface area contributed by atoms with Crippen molar-refractivity contribution < 1.29 is 20.0 Å². The molecule has 0 aromatic carbocycles. The molecule has 0 aromatic rings. The minimum Gasteiger partial charge on any atom is -0.475 e. The summed E-state index contributed by atoms with van der Waals surface area (Å²) in [6, 6.07) is 0. The summed E-state index contributed by atoms with van der Waals surface area (Å²) in [6.45, 7) is 2.24. The first-order valence-electron chi connectivity index (χ1n) is 9.30. The van der Waals surface area contributed by atoms with Crippen LogP contribution in [0, 0.1) is 0 Å². The van der Waals surface area contributed by atoms with Gasteiger partial charge >= 0.3 is 5.97 Å². The summed E-state index contributed by atoms with van der Waals surface area (Å²) in [5, 5.41) is 16.9. The van der Waals surface area contributed by atoms with E-state index >= 15 is 0 Å². The lowest BCUT2D eigenvalue weighted by Gasteiger charge is -1.98. The summed E-state index contributed by atoms with van der Waals surface area (Å²) in [4.78, 5) is 14.2. The summed E-state index contributed by atoms with van der Waals surface area (Å²) in [5.74, 6) is -1.86. The normalized spacial score (nSPS) is 13.2. The van der Waals surface area contributed by atoms with Crippen LogP contribution in [0.15, 0.2) is 72.6 Å². The topological polar surface area (TPSA) is 66.8 Å². The first-order valence-corrected chi connectivity index (χ1v) is 9.30. The first kappa shape index (κ1) is 23.7. The molecule has 0 heterocycles. The number of unbranched alkanes of at least 4 members (excludes halogenated alkanes) is 7. The van der Waals surface area contributed by atoms with Crippen molar-refractivity contribution in [2.75, 3.05) is 0 Å². The van der Waals surface area contributed by atoms with Crippen molar-refractivity contribution in [2.45, 2.75) is 58.3 Å². The number of rotatable bonds is 15. The summed E-state index contributed by atoms with van der Waals surface area (Å²) in [5.41, 5.74) is 0. The maximum absolute atomic E-state index is 10.5. The molecular weight excluding hydrogens is 328 g/mol. The second-order valence-electron chi connectivity index (χ2n) is 5.81. The molecule has 0 radical (unpaired) electrons. The van der Waals surface area contributed by atoms with E-state index in [1.165, 1.54) is 51.0 Å². The van der Waals surface area contributed by atoms with Crippen molar-refractivity contribution in [3.05, 3.63) is 72.6 Å². The molecule has 0 amide bonds. The van der Waals surface area contributed by atoms with Gasteiger partial charge in [0.05, 0.1) is 0 Å². The van der Waals surface area contributed by atoms with Crippen molar-refractivity contribution in [1.82, 2.24) is 0 Å². The second-order valence-corrected chi connectivity index (χ2v) is 5.81. The van der Waals surface area contributed by atoms with E-state index in [2.05, 4.69) is 24.0 Å². The molecule has 0 spiro atoms. The van der Waals surface area contributed by atoms with Crippen LogP contribution in [-0.4, -0.2) is 16.3 Å². The minimum atomic E-state index is -1.33. The summed E-state index contributed by atoms with van der Waals surface area (Å²) < 4.78 is 0. The van der Waals surface area contributed by atoms with Crippen LogP contribution >= 0.6 is 0 Å². The Labute approximate surface area is 157 Å². The molecule has 0 atom stereocenters. The molecule has 0 saturated heterocycles. The standard InChI is InChI=1S/C22H32O4/c1-2-3-4-5-6-7-8-9-10-11-12-13-14-15-16-17-18-19-20-21(26-25)22(23)24/h10-20,25H,2-9H2,1H3,(H,23,24)/b11-10+,13-12+,15-14+,17-16+,19-18+,21-20-. The van der Waals surface area contributed by atoms with Crippen LogP contribution in [0.2, 0.25) is 0 Å². The summed E-state index contributed by atoms with van der Waals surface area (Å²) in [6.07, 6.45) is 30.3. The van der Waals surface area contributed by atoms with Gasteiger partial charge in [0.2, 0.25) is 5.76 Å². The van der Waals surface area contributed by atoms with Crippen LogP contribution in [0.1, 0.15) is 58.3 Å². The van der Waals surface area contributed by atoms with Gasteiger partial charge in [-0.05, 0) is 18.9 Å². The average molecular weight is 360 g/mol. The van der Waals surface area contributed by atoms with Gasteiger partial charge < -0.3 is 9.99 Å². The van der Waals surface area contributed by atoms with E-state index in [0.29, 0.717) is 0 Å². The Morgan fingerprint density at radius 2 is 1.27 bits per heavy atom. The zero-order chi connectivity index (χ0) is 19.3. The number of carboxylic acid groups (broad SMARTS) is 1. The van der Waals surface area contributed by atoms with Crippen LogP contribution in [0.4, 0.5) is 0 Å². The third kappa shape index (κ3) is 16.5. The van der Waals surface area contributed by atoms with E-state index in [1.807, 2.05) is 30.4 Å². The Balaban J connectivity index is 3.76. The van der Waals surface area contributed by atoms with E-state index in [-0.39, 0.29) is 0 Å². The van der Waals surface area contributed by atoms with Gasteiger partial charge in [0.25, 0.3) is 0 Å². The number of hydrogen-bond acceptors (Lipinski definition) is 3. The second kappa shape index (κ2) is 19.0. The number of carbonyl (C=O) groups is 1. The lowest BCUT2D eigenvalue weighted by molar-refractivity contribution is -0.210. The Kier molecular flexibility index (Phi) is 17.3. The lowest BCUT2D eigenvalue weighted by Crippen LogP contribution is -2.01. The molecular formula is C22H32O4. The Bertz CT molecular complexity index is 522. The molecule has 0 aliphatic carbocycles. The van der Waals surface area contributed by atoms with Gasteiger partial charge in [-0.1, -0.05) is 106 Å². The number of allylic oxidation sites excluding steroid dienone is 11. The van der Waals surface area contributed by atoms with Gasteiger partial charge in [-0.25, -0.2) is 10.1 Å². The SMILES string of the molecule is CCCCCCCCC/C=C/C=C/C=C/C=C/C=C/C=C(\OO)C(=O)O. The number of aliphatic carboxylic acids is 1. The van der Waals surface area contributed by atoms with E-state index < -0.39 is 11.7 Å². The zero-order valence-corrected chi connectivity index (χ0v) is 15.7. The number of carboxylic acids is 1. The van der Waals surface area contributed by atoms with E-state index in [9.17, 15) is 4.79 Å². The lowest BCUT2D eigenvalue weighted by atomic mass is 10.1. The van der Waals surface area contributed by atoms with Crippen molar-refractivity contribution in [2.24, 2.45) is 0 Å². The summed E-state index contributed by atoms with van der Waals surface area (Å²) >= 11 is 0. The van der Waals surface area contributed by atoms with Crippen molar-refractivity contribution in [3.63, 3.8) is 0 Å². The van der Waals surface area contributed by atoms with Crippen molar-refractivity contribution >= 4 is 5.97 Å². The van der Waals surface area contributed by atoms with Gasteiger partial charge in [0.1, 0.15) is 0 Å². The predicted molar refractivity (Wildman–Crippen MR) is 108 cm³/mol. The molecule has 0 fully saturated rings. The molecule has 144 valence electrons. The Hall–Kier alpha value is -2.33. The third-order valence-electron chi connectivity index (χ3n) is 3.56. The van der Waals surface area contributed by atoms with E-state index in [1.54, 1.807) is 12.2 Å². The molecule has 0 bridgehead atoms. The molecule has 0 unspecified atom stereocenters. The number of hydrogen-bond donors (Lipinski definition) is 2. The monoisotopic (exact) mass is 360 g/mol. The fourth-order valence-corrected chi connectivity index (χ4v) is 2.13. The highest BCUT2D eigenvalue weighted by atomic mass is 17.1. The van der Waals surface area contributed by atoms with Crippen LogP contribution in [0.5, 0.6) is 0 Å². The maximum atomic E-state index is 10.5. The van der Waals surface area contributed by atoms with Crippen molar-refractivity contribution in [1.29, 1.82) is 0 Å². The van der Waals surface area contributed by atoms with Crippen LogP contribution in [0.25, 0.3) is 0 Å². The molecule has 0 aliphatic heterocycles. The van der Waals surface area contributed by atoms with Crippen LogP contribution in [-0.2, 0) is 9.68 Å². The van der Waals surface area contributed by atoms with Crippen LogP contribution < -0.4 is 0 Å². The molecule has 2 N–H and O–H groups in total. The fourth-order valence-electron chi connectivity index (χ4n) is 2.13. The fraction of sp³-hybridized carbons (Fsp3) is 0.409. The van der Waals surface area contributed by atoms with E-state index in [4.69, 9.17) is 10.4 Å². The molecule has 0 saturated carbocycles. The van der Waals surface area contributed by atoms with Gasteiger partial charge in [0, 0.05) is 0 Å². The summed E-state index contributed by atoms with van der Waals surface area (Å²) in [7, 11) is 0. The molecule has 4 heteroatoms. The Morgan fingerprint density at radius 1 is 0.769 bits per heavy atom. The predicted octanol–water partition coefficient (Wildman–Crippen LogP) is 6.37. The highest BCUT2D eigenvalue weighted by Gasteiger charge is 2.05. The van der Waals surface area contributed by atoms with Crippen molar-refractivity contribution in [3.8, 4) is 0 Å². The average Bonchev–Trinajstić information content (AvgIpc) is 2.63. The van der Waals surface area contributed by atoms with Gasteiger partial charge in [-0.15, -0.1) is 0 Å². The van der Waals surface area contributed by atoms with Gasteiger partial charge in [0.15, 0.2) is 0 Å². The molecule has 0 aliphatic rings. The highest BCUT2D eigenvalue weighted by Crippen LogP contribution is 2.08. The first-order chi connectivity index (χ1) is 12.7. The smallest absolute Gasteiger partial charge is 0.375 e. The van der Waals surface area contributed by atoms with Crippen LogP contribution in [0.3, 0.4) is 0 Å². The Morgan fingerprint density at radius 3 is 1.81 bits per heavy atom. The molecule has 0 aromatic heterocycles. The maximum Gasteiger partial charge on any atom is 0.375 e. The molecule has 4 nitrogen and oxygen atoms in total. The van der Waals surface area contributed by atoms with E-state index in [0.717, 1.165) is 12.5 Å². The van der Waals surface area contributed by atoms with Gasteiger partial charge in [-0.3, -0.25) is 0 Å². The molecule has 26 heavy (non-hydrogen) atoms. The highest BCUT2D eigenvalue weighted by molar-refractivity contribution is 5.84. The van der Waals surface area contributed by atoms with Gasteiger partial charge in [-0.2, -0.15) is 0 Å². The minimum absolute atomic E-state index is 0.531. The zero-order valence-electron chi connectivity index (χ0n) is 15.7. The third-order valence-corrected chi connectivity index (χ3v) is 3.56. The quantitative estimate of drug-likeness (QED) is 0.0889.